The van der Waals surface area contributed by atoms with E-state index in [1.807, 2.05) is 18.2 Å². The number of fused-ring (bicyclic) bond motifs is 11. The highest BCUT2D eigenvalue weighted by Crippen LogP contribution is 2.45. The first-order valence-corrected chi connectivity index (χ1v) is 13.2. The molecule has 0 aliphatic heterocycles. The van der Waals surface area contributed by atoms with Crippen molar-refractivity contribution in [2.24, 2.45) is 0 Å². The van der Waals surface area contributed by atoms with E-state index < -0.39 is 0 Å². The van der Waals surface area contributed by atoms with E-state index in [1.165, 1.54) is 21.5 Å². The molecule has 9 aromatic rings. The van der Waals surface area contributed by atoms with Crippen molar-refractivity contribution in [3.8, 4) is 11.6 Å². The smallest absolute Gasteiger partial charge is 0.220 e. The van der Waals surface area contributed by atoms with Crippen LogP contribution in [0, 0.1) is 0 Å². The summed E-state index contributed by atoms with van der Waals surface area (Å²) in [7, 11) is 0. The highest BCUT2D eigenvalue weighted by atomic mass is 16.3. The number of hydrogen-bond acceptors (Lipinski definition) is 2. The van der Waals surface area contributed by atoms with Gasteiger partial charge in [-0.15, -0.1) is 0 Å². The van der Waals surface area contributed by atoms with Gasteiger partial charge in [0.15, 0.2) is 5.58 Å². The SMILES string of the molecule is c1ccc(-n2c(-n3c4ccccc4c4c5ccccc5c5c6ccccc6oc5c43)nc3ccccc32)cc1. The Kier molecular flexibility index (Phi) is 4.02. The minimum Gasteiger partial charge on any atom is -0.454 e. The van der Waals surface area contributed by atoms with Gasteiger partial charge >= 0.3 is 0 Å². The molecule has 9 rings (SSSR count). The fraction of sp³-hybridized carbons (Fsp3) is 0. The van der Waals surface area contributed by atoms with Crippen LogP contribution in [-0.2, 0) is 0 Å². The summed E-state index contributed by atoms with van der Waals surface area (Å²) in [5.41, 5.74) is 6.97. The first-order valence-electron chi connectivity index (χ1n) is 13.2. The quantitative estimate of drug-likeness (QED) is 0.238. The lowest BCUT2D eigenvalue weighted by Gasteiger charge is -2.12. The molecule has 182 valence electrons. The topological polar surface area (TPSA) is 35.9 Å². The molecule has 4 heteroatoms. The van der Waals surface area contributed by atoms with Crippen LogP contribution in [-0.4, -0.2) is 14.1 Å². The second kappa shape index (κ2) is 7.59. The molecule has 39 heavy (non-hydrogen) atoms. The van der Waals surface area contributed by atoms with E-state index in [-0.39, 0.29) is 0 Å². The maximum atomic E-state index is 6.73. The van der Waals surface area contributed by atoms with Gasteiger partial charge in [-0.3, -0.25) is 9.13 Å². The van der Waals surface area contributed by atoms with Gasteiger partial charge in [0.2, 0.25) is 5.95 Å². The van der Waals surface area contributed by atoms with Gasteiger partial charge in [0.1, 0.15) is 11.1 Å². The summed E-state index contributed by atoms with van der Waals surface area (Å²) in [6, 6.07) is 44.4. The standard InChI is InChI=1S/C35H21N3O/c1-2-12-22(13-3-1)37-29-20-10-8-18-27(29)36-35(37)38-28-19-9-6-16-25(28)31-23-14-4-5-15-24(23)32-26-17-7-11-21-30(26)39-34(32)33(31)38/h1-21H. The lowest BCUT2D eigenvalue weighted by Crippen LogP contribution is -2.05. The lowest BCUT2D eigenvalue weighted by atomic mass is 9.99. The first-order chi connectivity index (χ1) is 19.4. The molecule has 0 radical (unpaired) electrons. The van der Waals surface area contributed by atoms with Crippen LogP contribution >= 0.6 is 0 Å². The molecule has 6 aromatic carbocycles. The Morgan fingerprint density at radius 1 is 0.487 bits per heavy atom. The number of nitrogens with zero attached hydrogens (tertiary/aromatic N) is 3. The molecular formula is C35H21N3O. The van der Waals surface area contributed by atoms with E-state index in [0.717, 1.165) is 55.6 Å². The molecule has 0 saturated carbocycles. The van der Waals surface area contributed by atoms with Crippen LogP contribution in [0.5, 0.6) is 0 Å². The lowest BCUT2D eigenvalue weighted by molar-refractivity contribution is 0.671. The Balaban J connectivity index is 1.59. The zero-order valence-electron chi connectivity index (χ0n) is 20.9. The highest BCUT2D eigenvalue weighted by molar-refractivity contribution is 6.35. The van der Waals surface area contributed by atoms with Gasteiger partial charge in [-0.25, -0.2) is 4.98 Å². The molecule has 0 aliphatic rings. The van der Waals surface area contributed by atoms with Crippen molar-refractivity contribution >= 4 is 65.6 Å². The molecule has 0 aliphatic carbocycles. The Hall–Kier alpha value is -5.35. The third kappa shape index (κ3) is 2.70. The summed E-state index contributed by atoms with van der Waals surface area (Å²) >= 11 is 0. The molecule has 0 atom stereocenters. The predicted octanol–water partition coefficient (Wildman–Crippen LogP) is 9.18. The maximum absolute atomic E-state index is 6.73. The van der Waals surface area contributed by atoms with E-state index in [1.54, 1.807) is 0 Å². The molecule has 0 N–H and O–H groups in total. The third-order valence-electron chi connectivity index (χ3n) is 7.91. The van der Waals surface area contributed by atoms with Gasteiger partial charge in [-0.1, -0.05) is 91.0 Å². The van der Waals surface area contributed by atoms with E-state index in [0.29, 0.717) is 0 Å². The number of aromatic nitrogens is 3. The van der Waals surface area contributed by atoms with E-state index in [2.05, 4.69) is 118 Å². The van der Waals surface area contributed by atoms with Gasteiger partial charge in [0.05, 0.1) is 16.6 Å². The minimum atomic E-state index is 0.839. The van der Waals surface area contributed by atoms with Crippen LogP contribution in [0.25, 0.3) is 77.2 Å². The maximum Gasteiger partial charge on any atom is 0.220 e. The second-order valence-corrected chi connectivity index (χ2v) is 10.00. The molecule has 0 unspecified atom stereocenters. The molecule has 0 bridgehead atoms. The monoisotopic (exact) mass is 499 g/mol. The summed E-state index contributed by atoms with van der Waals surface area (Å²) in [6.07, 6.45) is 0. The van der Waals surface area contributed by atoms with Crippen LogP contribution < -0.4 is 0 Å². The molecule has 0 amide bonds. The first kappa shape index (κ1) is 20.7. The van der Waals surface area contributed by atoms with Gasteiger partial charge < -0.3 is 4.42 Å². The Morgan fingerprint density at radius 2 is 1.10 bits per heavy atom. The summed E-state index contributed by atoms with van der Waals surface area (Å²) in [5, 5.41) is 7.03. The van der Waals surface area contributed by atoms with E-state index in [9.17, 15) is 0 Å². The molecule has 3 aromatic heterocycles. The number of benzene rings is 6. The Morgan fingerprint density at radius 3 is 1.92 bits per heavy atom. The van der Waals surface area contributed by atoms with Gasteiger partial charge in [0, 0.05) is 27.2 Å². The molecule has 3 heterocycles. The number of imidazole rings is 1. The molecule has 4 nitrogen and oxygen atoms in total. The zero-order chi connectivity index (χ0) is 25.5. The summed E-state index contributed by atoms with van der Waals surface area (Å²) in [5.74, 6) is 0.839. The second-order valence-electron chi connectivity index (χ2n) is 10.00. The Bertz CT molecular complexity index is 2390. The largest absolute Gasteiger partial charge is 0.454 e. The van der Waals surface area contributed by atoms with Crippen molar-refractivity contribution in [3.63, 3.8) is 0 Å². The number of para-hydroxylation sites is 5. The van der Waals surface area contributed by atoms with Crippen LogP contribution in [0.2, 0.25) is 0 Å². The number of furan rings is 1. The van der Waals surface area contributed by atoms with Crippen LogP contribution in [0.15, 0.2) is 132 Å². The molecule has 0 fully saturated rings. The van der Waals surface area contributed by atoms with Crippen molar-refractivity contribution in [1.82, 2.24) is 14.1 Å². The Labute approximate surface area is 222 Å². The molecular weight excluding hydrogens is 478 g/mol. The minimum absolute atomic E-state index is 0.839. The third-order valence-corrected chi connectivity index (χ3v) is 7.91. The van der Waals surface area contributed by atoms with Gasteiger partial charge in [0.25, 0.3) is 0 Å². The van der Waals surface area contributed by atoms with Crippen LogP contribution in [0.1, 0.15) is 0 Å². The summed E-state index contributed by atoms with van der Waals surface area (Å²) < 4.78 is 11.3. The fourth-order valence-corrected chi connectivity index (χ4v) is 6.33. The predicted molar refractivity (Wildman–Crippen MR) is 160 cm³/mol. The summed E-state index contributed by atoms with van der Waals surface area (Å²) in [4.78, 5) is 5.26. The van der Waals surface area contributed by atoms with Crippen molar-refractivity contribution < 1.29 is 4.42 Å². The normalized spacial score (nSPS) is 12.1. The van der Waals surface area contributed by atoms with Crippen molar-refractivity contribution in [2.45, 2.75) is 0 Å². The number of rotatable bonds is 2. The fourth-order valence-electron chi connectivity index (χ4n) is 6.33. The number of hydrogen-bond donors (Lipinski definition) is 0. The van der Waals surface area contributed by atoms with Crippen LogP contribution in [0.3, 0.4) is 0 Å². The average Bonchev–Trinajstić information content (AvgIpc) is 3.67. The van der Waals surface area contributed by atoms with Crippen molar-refractivity contribution in [2.75, 3.05) is 0 Å². The summed E-state index contributed by atoms with van der Waals surface area (Å²) in [6.45, 7) is 0. The van der Waals surface area contributed by atoms with Crippen molar-refractivity contribution in [1.29, 1.82) is 0 Å². The average molecular weight is 500 g/mol. The van der Waals surface area contributed by atoms with E-state index >= 15 is 0 Å². The zero-order valence-corrected chi connectivity index (χ0v) is 20.9. The van der Waals surface area contributed by atoms with Gasteiger partial charge in [-0.2, -0.15) is 0 Å². The van der Waals surface area contributed by atoms with Crippen molar-refractivity contribution in [3.05, 3.63) is 127 Å². The molecule has 0 spiro atoms. The highest BCUT2D eigenvalue weighted by Gasteiger charge is 2.25. The van der Waals surface area contributed by atoms with Gasteiger partial charge in [-0.05, 0) is 47.2 Å². The molecule has 0 saturated heterocycles. The van der Waals surface area contributed by atoms with Crippen LogP contribution in [0.4, 0.5) is 0 Å². The van der Waals surface area contributed by atoms with E-state index in [4.69, 9.17) is 9.40 Å².